The van der Waals surface area contributed by atoms with Crippen molar-refractivity contribution < 1.29 is 9.59 Å². The molecule has 17 heavy (non-hydrogen) atoms. The van der Waals surface area contributed by atoms with Gasteiger partial charge in [0, 0.05) is 25.6 Å². The van der Waals surface area contributed by atoms with Crippen LogP contribution in [0.2, 0.25) is 0 Å². The van der Waals surface area contributed by atoms with Gasteiger partial charge in [0.2, 0.25) is 5.91 Å². The van der Waals surface area contributed by atoms with E-state index in [1.54, 1.807) is 4.90 Å². The monoisotopic (exact) mass is 232 g/mol. The molecule has 1 aliphatic heterocycles. The first kappa shape index (κ1) is 11.8. The average molecular weight is 232 g/mol. The molecule has 0 unspecified atom stereocenters. The average Bonchev–Trinajstić information content (AvgIpc) is 2.29. The second kappa shape index (κ2) is 4.28. The SMILES string of the molecule is CCc1cc(C)nc2c1N(C(C)=O)CCC2=O. The number of amides is 1. The summed E-state index contributed by atoms with van der Waals surface area (Å²) in [6.07, 6.45) is 1.16. The van der Waals surface area contributed by atoms with Gasteiger partial charge in [-0.25, -0.2) is 4.98 Å². The van der Waals surface area contributed by atoms with Crippen molar-refractivity contribution in [2.75, 3.05) is 11.4 Å². The molecule has 0 radical (unpaired) electrons. The van der Waals surface area contributed by atoms with Crippen molar-refractivity contribution in [3.8, 4) is 0 Å². The molecule has 4 nitrogen and oxygen atoms in total. The Kier molecular flexibility index (Phi) is 2.96. The predicted molar refractivity (Wildman–Crippen MR) is 65.3 cm³/mol. The number of pyridine rings is 1. The summed E-state index contributed by atoms with van der Waals surface area (Å²) >= 11 is 0. The maximum atomic E-state index is 11.9. The summed E-state index contributed by atoms with van der Waals surface area (Å²) in [6, 6.07) is 1.95. The highest BCUT2D eigenvalue weighted by Crippen LogP contribution is 2.30. The molecule has 1 amide bonds. The highest BCUT2D eigenvalue weighted by molar-refractivity contribution is 6.07. The van der Waals surface area contributed by atoms with Crippen molar-refractivity contribution in [3.63, 3.8) is 0 Å². The van der Waals surface area contributed by atoms with Crippen LogP contribution in [0.1, 0.15) is 42.0 Å². The lowest BCUT2D eigenvalue weighted by Gasteiger charge is -2.29. The molecule has 1 aromatic rings. The number of aromatic nitrogens is 1. The van der Waals surface area contributed by atoms with Crippen LogP contribution in [0.4, 0.5) is 5.69 Å². The van der Waals surface area contributed by atoms with E-state index in [9.17, 15) is 9.59 Å². The van der Waals surface area contributed by atoms with Crippen LogP contribution in [0.5, 0.6) is 0 Å². The highest BCUT2D eigenvalue weighted by Gasteiger charge is 2.29. The Morgan fingerprint density at radius 3 is 2.82 bits per heavy atom. The molecule has 0 aromatic carbocycles. The van der Waals surface area contributed by atoms with E-state index in [1.807, 2.05) is 19.9 Å². The van der Waals surface area contributed by atoms with Gasteiger partial charge in [-0.3, -0.25) is 9.59 Å². The summed E-state index contributed by atoms with van der Waals surface area (Å²) in [5.41, 5.74) is 3.04. The molecule has 0 aliphatic carbocycles. The van der Waals surface area contributed by atoms with E-state index < -0.39 is 0 Å². The molecule has 0 spiro atoms. The second-order valence-corrected chi connectivity index (χ2v) is 4.32. The number of aryl methyl sites for hydroxylation is 2. The number of nitrogens with zero attached hydrogens (tertiary/aromatic N) is 2. The van der Waals surface area contributed by atoms with E-state index in [-0.39, 0.29) is 11.7 Å². The van der Waals surface area contributed by atoms with Crippen molar-refractivity contribution >= 4 is 17.4 Å². The minimum Gasteiger partial charge on any atom is -0.310 e. The van der Waals surface area contributed by atoms with Crippen LogP contribution >= 0.6 is 0 Å². The largest absolute Gasteiger partial charge is 0.310 e. The first-order valence-corrected chi connectivity index (χ1v) is 5.86. The number of fused-ring (bicyclic) bond motifs is 1. The second-order valence-electron chi connectivity index (χ2n) is 4.32. The Balaban J connectivity index is 2.67. The molecule has 4 heteroatoms. The van der Waals surface area contributed by atoms with Gasteiger partial charge in [-0.05, 0) is 25.0 Å². The number of Topliss-reactive ketones (excluding diaryl/α,β-unsaturated/α-hetero) is 1. The molecule has 1 aliphatic rings. The lowest BCUT2D eigenvalue weighted by atomic mass is 9.99. The van der Waals surface area contributed by atoms with Gasteiger partial charge >= 0.3 is 0 Å². The van der Waals surface area contributed by atoms with Crippen molar-refractivity contribution in [2.45, 2.75) is 33.6 Å². The molecule has 0 fully saturated rings. The van der Waals surface area contributed by atoms with Gasteiger partial charge in [0.15, 0.2) is 5.78 Å². The van der Waals surface area contributed by atoms with Crippen LogP contribution in [0.15, 0.2) is 6.07 Å². The van der Waals surface area contributed by atoms with Gasteiger partial charge in [0.05, 0.1) is 5.69 Å². The Bertz CT molecular complexity index is 494. The third-order valence-electron chi connectivity index (χ3n) is 3.06. The van der Waals surface area contributed by atoms with E-state index in [0.29, 0.717) is 18.7 Å². The minimum absolute atomic E-state index is 0.0286. The van der Waals surface area contributed by atoms with Gasteiger partial charge < -0.3 is 4.90 Å². The number of carbonyl (C=O) groups excluding carboxylic acids is 2. The highest BCUT2D eigenvalue weighted by atomic mass is 16.2. The van der Waals surface area contributed by atoms with E-state index in [0.717, 1.165) is 23.4 Å². The fraction of sp³-hybridized carbons (Fsp3) is 0.462. The zero-order chi connectivity index (χ0) is 12.6. The Morgan fingerprint density at radius 1 is 1.53 bits per heavy atom. The van der Waals surface area contributed by atoms with Crippen LogP contribution in [0.25, 0.3) is 0 Å². The Hall–Kier alpha value is -1.71. The van der Waals surface area contributed by atoms with Crippen molar-refractivity contribution in [2.24, 2.45) is 0 Å². The van der Waals surface area contributed by atoms with E-state index in [4.69, 9.17) is 0 Å². The molecule has 0 saturated carbocycles. The van der Waals surface area contributed by atoms with Crippen molar-refractivity contribution in [3.05, 3.63) is 23.0 Å². The number of anilines is 1. The topological polar surface area (TPSA) is 50.3 Å². The predicted octanol–water partition coefficient (Wildman–Crippen LogP) is 1.89. The number of hydrogen-bond acceptors (Lipinski definition) is 3. The summed E-state index contributed by atoms with van der Waals surface area (Å²) in [6.45, 7) is 5.89. The van der Waals surface area contributed by atoms with Gasteiger partial charge in [-0.15, -0.1) is 0 Å². The fourth-order valence-corrected chi connectivity index (χ4v) is 2.26. The molecular weight excluding hydrogens is 216 g/mol. The standard InChI is InChI=1S/C13H16N2O2/c1-4-10-7-8(2)14-12-11(17)5-6-15(9(3)16)13(10)12/h7H,4-6H2,1-3H3. The van der Waals surface area contributed by atoms with E-state index in [2.05, 4.69) is 4.98 Å². The Labute approximate surface area is 101 Å². The molecular formula is C13H16N2O2. The maximum Gasteiger partial charge on any atom is 0.223 e. The number of carbonyl (C=O) groups is 2. The van der Waals surface area contributed by atoms with Crippen LogP contribution in [-0.2, 0) is 11.2 Å². The molecule has 0 atom stereocenters. The van der Waals surface area contributed by atoms with E-state index >= 15 is 0 Å². The maximum absolute atomic E-state index is 11.9. The zero-order valence-corrected chi connectivity index (χ0v) is 10.4. The molecule has 2 heterocycles. The molecule has 0 saturated heterocycles. The fourth-order valence-electron chi connectivity index (χ4n) is 2.26. The molecule has 1 aromatic heterocycles. The summed E-state index contributed by atoms with van der Waals surface area (Å²) < 4.78 is 0. The lowest BCUT2D eigenvalue weighted by molar-refractivity contribution is -0.116. The van der Waals surface area contributed by atoms with Crippen LogP contribution in [-0.4, -0.2) is 23.2 Å². The molecule has 0 bridgehead atoms. The summed E-state index contributed by atoms with van der Waals surface area (Å²) in [5.74, 6) is 0.00926. The van der Waals surface area contributed by atoms with Crippen LogP contribution < -0.4 is 4.90 Å². The summed E-state index contributed by atoms with van der Waals surface area (Å²) in [4.78, 5) is 29.4. The molecule has 0 N–H and O–H groups in total. The lowest BCUT2D eigenvalue weighted by Crippen LogP contribution is -2.37. The smallest absolute Gasteiger partial charge is 0.223 e. The quantitative estimate of drug-likeness (QED) is 0.743. The number of rotatable bonds is 1. The molecule has 2 rings (SSSR count). The first-order valence-electron chi connectivity index (χ1n) is 5.86. The first-order chi connectivity index (χ1) is 8.04. The normalized spacial score (nSPS) is 14.8. The minimum atomic E-state index is -0.0286. The summed E-state index contributed by atoms with van der Waals surface area (Å²) in [7, 11) is 0. The van der Waals surface area contributed by atoms with Gasteiger partial charge in [0.25, 0.3) is 0 Å². The zero-order valence-electron chi connectivity index (χ0n) is 10.4. The van der Waals surface area contributed by atoms with Crippen molar-refractivity contribution in [1.82, 2.24) is 4.98 Å². The van der Waals surface area contributed by atoms with Crippen LogP contribution in [0.3, 0.4) is 0 Å². The third kappa shape index (κ3) is 1.95. The molecule has 90 valence electrons. The Morgan fingerprint density at radius 2 is 2.24 bits per heavy atom. The number of ketones is 1. The van der Waals surface area contributed by atoms with Crippen LogP contribution in [0, 0.1) is 6.92 Å². The van der Waals surface area contributed by atoms with Gasteiger partial charge in [0.1, 0.15) is 5.69 Å². The third-order valence-corrected chi connectivity index (χ3v) is 3.06. The van der Waals surface area contributed by atoms with Crippen molar-refractivity contribution in [1.29, 1.82) is 0 Å². The number of hydrogen-bond donors (Lipinski definition) is 0. The van der Waals surface area contributed by atoms with E-state index in [1.165, 1.54) is 6.92 Å². The summed E-state index contributed by atoms with van der Waals surface area (Å²) in [5, 5.41) is 0. The van der Waals surface area contributed by atoms with Gasteiger partial charge in [-0.1, -0.05) is 6.92 Å². The van der Waals surface area contributed by atoms with Gasteiger partial charge in [-0.2, -0.15) is 0 Å².